The predicted octanol–water partition coefficient (Wildman–Crippen LogP) is 4.50. The summed E-state index contributed by atoms with van der Waals surface area (Å²) in [4.78, 5) is 1.28. The number of hydrogen-bond donors (Lipinski definition) is 1. The number of rotatable bonds is 5. The highest BCUT2D eigenvalue weighted by atomic mass is 79.9. The smallest absolute Gasteiger partial charge is 0.128 e. The van der Waals surface area contributed by atoms with Crippen LogP contribution in [0.5, 0.6) is 0 Å². The zero-order chi connectivity index (χ0) is 12.3. The Morgan fingerprint density at radius 3 is 2.76 bits per heavy atom. The monoisotopic (exact) mass is 313 g/mol. The molecule has 1 unspecified atom stereocenters. The maximum absolute atomic E-state index is 5.62. The number of hydrogen-bond acceptors (Lipinski definition) is 3. The standard InChI is InChI=1S/C13H16BrNOS/c1-3-7-15-12(10-4-5-11(14)17-10)13-9(2)6-8-16-13/h4-6,8,12,15H,3,7H2,1-2H3. The highest BCUT2D eigenvalue weighted by Crippen LogP contribution is 2.32. The first kappa shape index (κ1) is 12.9. The van der Waals surface area contributed by atoms with E-state index in [0.29, 0.717) is 0 Å². The topological polar surface area (TPSA) is 25.2 Å². The molecule has 0 spiro atoms. The lowest BCUT2D eigenvalue weighted by Gasteiger charge is -2.15. The molecule has 0 aromatic carbocycles. The van der Waals surface area contributed by atoms with Gasteiger partial charge < -0.3 is 9.73 Å². The molecule has 0 bridgehead atoms. The van der Waals surface area contributed by atoms with Crippen LogP contribution in [0.2, 0.25) is 0 Å². The van der Waals surface area contributed by atoms with Crippen LogP contribution in [0.4, 0.5) is 0 Å². The lowest BCUT2D eigenvalue weighted by Crippen LogP contribution is -2.22. The first-order valence-corrected chi connectivity index (χ1v) is 7.36. The minimum Gasteiger partial charge on any atom is -0.467 e. The van der Waals surface area contributed by atoms with Crippen molar-refractivity contribution in [3.8, 4) is 0 Å². The van der Waals surface area contributed by atoms with Crippen molar-refractivity contribution < 1.29 is 4.42 Å². The average molecular weight is 314 g/mol. The number of thiophene rings is 1. The van der Waals surface area contributed by atoms with Crippen molar-refractivity contribution >= 4 is 27.3 Å². The van der Waals surface area contributed by atoms with Gasteiger partial charge in [-0.3, -0.25) is 0 Å². The van der Waals surface area contributed by atoms with Crippen molar-refractivity contribution in [2.75, 3.05) is 6.54 Å². The first-order valence-electron chi connectivity index (χ1n) is 5.75. The molecule has 4 heteroatoms. The molecular formula is C13H16BrNOS. The van der Waals surface area contributed by atoms with E-state index in [1.54, 1.807) is 17.6 Å². The third-order valence-electron chi connectivity index (χ3n) is 2.64. The summed E-state index contributed by atoms with van der Waals surface area (Å²) in [6.45, 7) is 5.24. The Bertz CT molecular complexity index is 477. The molecule has 92 valence electrons. The fraction of sp³-hybridized carbons (Fsp3) is 0.385. The van der Waals surface area contributed by atoms with E-state index in [1.807, 2.05) is 6.07 Å². The summed E-state index contributed by atoms with van der Waals surface area (Å²) >= 11 is 5.26. The molecule has 2 aromatic heterocycles. The van der Waals surface area contributed by atoms with Gasteiger partial charge in [0.05, 0.1) is 10.0 Å². The quantitative estimate of drug-likeness (QED) is 0.879. The maximum atomic E-state index is 5.62. The second-order valence-corrected chi connectivity index (χ2v) is 6.49. The van der Waals surface area contributed by atoms with Gasteiger partial charge in [-0.05, 0) is 59.6 Å². The van der Waals surface area contributed by atoms with Gasteiger partial charge in [0.1, 0.15) is 11.8 Å². The van der Waals surface area contributed by atoms with Gasteiger partial charge in [-0.25, -0.2) is 0 Å². The second-order valence-electron chi connectivity index (χ2n) is 4.00. The zero-order valence-electron chi connectivity index (χ0n) is 10.00. The molecule has 0 aliphatic rings. The van der Waals surface area contributed by atoms with E-state index >= 15 is 0 Å². The molecule has 2 aromatic rings. The predicted molar refractivity (Wildman–Crippen MR) is 75.6 cm³/mol. The van der Waals surface area contributed by atoms with E-state index in [9.17, 15) is 0 Å². The SMILES string of the molecule is CCCNC(c1ccc(Br)s1)c1occc1C. The Morgan fingerprint density at radius 2 is 2.24 bits per heavy atom. The van der Waals surface area contributed by atoms with Crippen LogP contribution in [0.25, 0.3) is 0 Å². The van der Waals surface area contributed by atoms with E-state index in [-0.39, 0.29) is 6.04 Å². The molecule has 0 radical (unpaired) electrons. The van der Waals surface area contributed by atoms with Gasteiger partial charge in [0, 0.05) is 4.88 Å². The lowest BCUT2D eigenvalue weighted by atomic mass is 10.1. The fourth-order valence-corrected chi connectivity index (χ4v) is 3.27. The summed E-state index contributed by atoms with van der Waals surface area (Å²) in [5, 5.41) is 3.54. The number of halogens is 1. The highest BCUT2D eigenvalue weighted by molar-refractivity contribution is 9.11. The summed E-state index contributed by atoms with van der Waals surface area (Å²) in [5.74, 6) is 1.02. The van der Waals surface area contributed by atoms with Crippen LogP contribution in [-0.4, -0.2) is 6.54 Å². The van der Waals surface area contributed by atoms with Crippen LogP contribution in [0, 0.1) is 6.92 Å². The average Bonchev–Trinajstić information content (AvgIpc) is 2.90. The largest absolute Gasteiger partial charge is 0.467 e. The summed E-state index contributed by atoms with van der Waals surface area (Å²) in [6, 6.07) is 6.41. The minimum absolute atomic E-state index is 0.168. The number of nitrogens with one attached hydrogen (secondary N) is 1. The number of aryl methyl sites for hydroxylation is 1. The lowest BCUT2D eigenvalue weighted by molar-refractivity contribution is 0.447. The Morgan fingerprint density at radius 1 is 1.41 bits per heavy atom. The van der Waals surface area contributed by atoms with Gasteiger partial charge in [-0.2, -0.15) is 0 Å². The van der Waals surface area contributed by atoms with Gasteiger partial charge >= 0.3 is 0 Å². The molecule has 0 fully saturated rings. The van der Waals surface area contributed by atoms with Gasteiger partial charge in [0.15, 0.2) is 0 Å². The van der Waals surface area contributed by atoms with Crippen molar-refractivity contribution in [2.45, 2.75) is 26.3 Å². The van der Waals surface area contributed by atoms with Crippen molar-refractivity contribution in [1.82, 2.24) is 5.32 Å². The molecule has 0 saturated heterocycles. The Balaban J connectivity index is 2.28. The summed E-state index contributed by atoms with van der Waals surface area (Å²) < 4.78 is 6.77. The molecular weight excluding hydrogens is 298 g/mol. The molecule has 1 N–H and O–H groups in total. The van der Waals surface area contributed by atoms with E-state index in [0.717, 1.165) is 22.5 Å². The molecule has 0 amide bonds. The molecule has 1 atom stereocenters. The van der Waals surface area contributed by atoms with Gasteiger partial charge in [0.2, 0.25) is 0 Å². The Kier molecular flexibility index (Phi) is 4.42. The molecule has 0 aliphatic heterocycles. The van der Waals surface area contributed by atoms with Crippen molar-refractivity contribution in [3.05, 3.63) is 44.4 Å². The third-order valence-corrected chi connectivity index (χ3v) is 4.33. The van der Waals surface area contributed by atoms with E-state index in [1.165, 1.54) is 10.4 Å². The second kappa shape index (κ2) is 5.85. The molecule has 2 heterocycles. The van der Waals surface area contributed by atoms with E-state index < -0.39 is 0 Å². The summed E-state index contributed by atoms with van der Waals surface area (Å²) in [6.07, 6.45) is 2.87. The van der Waals surface area contributed by atoms with Gasteiger partial charge in [-0.15, -0.1) is 11.3 Å². The Hall–Kier alpha value is -0.580. The van der Waals surface area contributed by atoms with Crippen LogP contribution in [0.15, 0.2) is 32.7 Å². The molecule has 0 saturated carbocycles. The summed E-state index contributed by atoms with van der Waals surface area (Å²) in [7, 11) is 0. The van der Waals surface area contributed by atoms with Crippen LogP contribution in [0.1, 0.15) is 35.6 Å². The fourth-order valence-electron chi connectivity index (χ4n) is 1.77. The van der Waals surface area contributed by atoms with Crippen LogP contribution >= 0.6 is 27.3 Å². The molecule has 2 nitrogen and oxygen atoms in total. The minimum atomic E-state index is 0.168. The van der Waals surface area contributed by atoms with E-state index in [4.69, 9.17) is 4.42 Å². The highest BCUT2D eigenvalue weighted by Gasteiger charge is 2.20. The van der Waals surface area contributed by atoms with Crippen molar-refractivity contribution in [3.63, 3.8) is 0 Å². The molecule has 17 heavy (non-hydrogen) atoms. The maximum Gasteiger partial charge on any atom is 0.128 e. The summed E-state index contributed by atoms with van der Waals surface area (Å²) in [5.41, 5.74) is 1.20. The van der Waals surface area contributed by atoms with Crippen LogP contribution in [-0.2, 0) is 0 Å². The molecule has 0 aliphatic carbocycles. The van der Waals surface area contributed by atoms with E-state index in [2.05, 4.69) is 47.2 Å². The zero-order valence-corrected chi connectivity index (χ0v) is 12.4. The third kappa shape index (κ3) is 3.00. The van der Waals surface area contributed by atoms with Crippen molar-refractivity contribution in [1.29, 1.82) is 0 Å². The molecule has 2 rings (SSSR count). The van der Waals surface area contributed by atoms with Crippen LogP contribution in [0.3, 0.4) is 0 Å². The number of furan rings is 1. The Labute approximate surface area is 114 Å². The normalized spacial score (nSPS) is 12.9. The van der Waals surface area contributed by atoms with Gasteiger partial charge in [-0.1, -0.05) is 6.92 Å². The van der Waals surface area contributed by atoms with Crippen molar-refractivity contribution in [2.24, 2.45) is 0 Å². The van der Waals surface area contributed by atoms with Crippen LogP contribution < -0.4 is 5.32 Å². The first-order chi connectivity index (χ1) is 8.22. The van der Waals surface area contributed by atoms with Gasteiger partial charge in [0.25, 0.3) is 0 Å².